The summed E-state index contributed by atoms with van der Waals surface area (Å²) in [4.78, 5) is 4.17. The van der Waals surface area contributed by atoms with E-state index in [1.54, 1.807) is 22.7 Å². The zero-order chi connectivity index (χ0) is 22.9. The lowest BCUT2D eigenvalue weighted by molar-refractivity contribution is 0.419. The molecule has 1 atom stereocenters. The lowest BCUT2D eigenvalue weighted by Crippen LogP contribution is -2.72. The number of nitrogens with zero attached hydrogens (tertiary/aromatic N) is 3. The van der Waals surface area contributed by atoms with Gasteiger partial charge in [0.25, 0.3) is 0 Å². The van der Waals surface area contributed by atoms with E-state index < -0.39 is 16.0 Å². The first-order valence-corrected chi connectivity index (χ1v) is 10.4. The maximum absolute atomic E-state index is 6.91. The quantitative estimate of drug-likeness (QED) is 0.482. The van der Waals surface area contributed by atoms with Crippen LogP contribution >= 0.6 is 23.2 Å². The molecule has 0 fully saturated rings. The minimum absolute atomic E-state index is 0.321. The Morgan fingerprint density at radius 2 is 1.56 bits per heavy atom. The van der Waals surface area contributed by atoms with Gasteiger partial charge in [0.15, 0.2) is 5.65 Å². The molecule has 0 spiro atoms. The molecule has 0 bridgehead atoms. The van der Waals surface area contributed by atoms with E-state index in [9.17, 15) is 0 Å². The van der Waals surface area contributed by atoms with Crippen molar-refractivity contribution in [1.29, 1.82) is 0 Å². The highest BCUT2D eigenvalue weighted by Crippen LogP contribution is 2.46. The van der Waals surface area contributed by atoms with Crippen molar-refractivity contribution >= 4 is 68.1 Å². The first kappa shape index (κ1) is 21.8. The fourth-order valence-corrected chi connectivity index (χ4v) is 4.56. The summed E-state index contributed by atoms with van der Waals surface area (Å²) in [5.41, 5.74) is 4.12. The predicted octanol–water partition coefficient (Wildman–Crippen LogP) is 2.16. The second-order valence-corrected chi connectivity index (χ2v) is 8.86. The Bertz CT molecular complexity index is 1370. The number of aromatic nitrogens is 3. The van der Waals surface area contributed by atoms with Gasteiger partial charge in [-0.05, 0) is 57.2 Å². The Morgan fingerprint density at radius 1 is 0.812 bits per heavy atom. The van der Waals surface area contributed by atoms with E-state index in [1.165, 1.54) is 6.33 Å². The van der Waals surface area contributed by atoms with E-state index in [2.05, 4.69) is 15.4 Å². The molecule has 0 saturated heterocycles. The Hall–Kier alpha value is -2.08. The number of benzene rings is 2. The Labute approximate surface area is 202 Å². The van der Waals surface area contributed by atoms with Gasteiger partial charge in [0, 0.05) is 11.8 Å². The Kier molecular flexibility index (Phi) is 4.90. The number of halogens is 2. The smallest absolute Gasteiger partial charge is 0.155 e. The average molecular weight is 444 g/mol. The van der Waals surface area contributed by atoms with Crippen molar-refractivity contribution < 1.29 is 0 Å². The lowest BCUT2D eigenvalue weighted by Gasteiger charge is -2.58. The van der Waals surface area contributed by atoms with Crippen molar-refractivity contribution in [1.82, 2.24) is 19.9 Å². The molecule has 0 aliphatic carbocycles. The molecule has 11 heteroatoms. The summed E-state index contributed by atoms with van der Waals surface area (Å²) in [5.74, 6) is 0. The minimum atomic E-state index is -1.71. The van der Waals surface area contributed by atoms with Gasteiger partial charge in [-0.3, -0.25) is 0 Å². The molecule has 4 aromatic rings. The van der Waals surface area contributed by atoms with Gasteiger partial charge < -0.3 is 5.32 Å². The van der Waals surface area contributed by atoms with Crippen LogP contribution in [-0.4, -0.2) is 59.2 Å². The third-order valence-electron chi connectivity index (χ3n) is 5.94. The molecular formula is C21H11B5Cl2N4. The van der Waals surface area contributed by atoms with Crippen LogP contribution < -0.4 is 5.32 Å². The van der Waals surface area contributed by atoms with Crippen LogP contribution in [0.15, 0.2) is 61.1 Å². The zero-order valence-corrected chi connectivity index (χ0v) is 18.3. The zero-order valence-electron chi connectivity index (χ0n) is 16.8. The van der Waals surface area contributed by atoms with Crippen LogP contribution in [0.25, 0.3) is 16.8 Å². The monoisotopic (exact) mass is 444 g/mol. The molecule has 1 unspecified atom stereocenters. The van der Waals surface area contributed by atoms with Crippen LogP contribution in [0, 0.1) is 0 Å². The van der Waals surface area contributed by atoms with Crippen LogP contribution in [0.4, 0.5) is 0 Å². The summed E-state index contributed by atoms with van der Waals surface area (Å²) >= 11 is 12.4. The van der Waals surface area contributed by atoms with E-state index >= 15 is 0 Å². The summed E-state index contributed by atoms with van der Waals surface area (Å²) in [7, 11) is 32.6. The van der Waals surface area contributed by atoms with Crippen LogP contribution in [0.2, 0.25) is 10.0 Å². The second kappa shape index (κ2) is 7.21. The van der Waals surface area contributed by atoms with Crippen molar-refractivity contribution in [2.45, 2.75) is 16.0 Å². The molecule has 1 aliphatic rings. The van der Waals surface area contributed by atoms with E-state index in [4.69, 9.17) is 62.4 Å². The third kappa shape index (κ3) is 3.17. The van der Waals surface area contributed by atoms with Gasteiger partial charge in [0.2, 0.25) is 0 Å². The number of pyridine rings is 1. The molecule has 32 heavy (non-hydrogen) atoms. The highest BCUT2D eigenvalue weighted by Gasteiger charge is 2.50. The highest BCUT2D eigenvalue weighted by atomic mass is 35.5. The summed E-state index contributed by atoms with van der Waals surface area (Å²) in [6.45, 7) is 0. The van der Waals surface area contributed by atoms with Gasteiger partial charge in [0.05, 0.1) is 49.3 Å². The van der Waals surface area contributed by atoms with E-state index in [1.807, 2.05) is 36.5 Å². The van der Waals surface area contributed by atoms with E-state index in [0.717, 1.165) is 16.8 Å². The molecule has 4 nitrogen and oxygen atoms in total. The molecular weight excluding hydrogens is 433 g/mol. The molecule has 144 valence electrons. The molecule has 2 aromatic heterocycles. The fourth-order valence-electron chi connectivity index (χ4n) is 4.26. The summed E-state index contributed by atoms with van der Waals surface area (Å²) in [5, 5.41) is 3.11. The Balaban J connectivity index is 1.73. The predicted molar refractivity (Wildman–Crippen MR) is 132 cm³/mol. The van der Waals surface area contributed by atoms with E-state index in [-0.39, 0.29) is 0 Å². The summed E-state index contributed by atoms with van der Waals surface area (Å²) in [6, 6.07) is 14.4. The van der Waals surface area contributed by atoms with Crippen LogP contribution in [0.5, 0.6) is 0 Å². The van der Waals surface area contributed by atoms with Gasteiger partial charge in [-0.1, -0.05) is 52.8 Å². The van der Waals surface area contributed by atoms with Gasteiger partial charge in [-0.25, -0.2) is 9.50 Å². The molecule has 0 amide bonds. The van der Waals surface area contributed by atoms with Crippen molar-refractivity contribution in [2.24, 2.45) is 0 Å². The molecule has 10 radical (unpaired) electrons. The van der Waals surface area contributed by atoms with Crippen molar-refractivity contribution in [2.75, 3.05) is 0 Å². The molecule has 1 N–H and O–H groups in total. The number of hydrogen-bond donors (Lipinski definition) is 1. The SMILES string of the molecule is [B]C1([B])NC([B])([B])C([B])(c2ccc(Cl)c(Cl)c2)c2ccc(-c3ccc4ncnn4c3)cc21. The first-order valence-electron chi connectivity index (χ1n) is 9.67. The van der Waals surface area contributed by atoms with Gasteiger partial charge in [-0.15, -0.1) is 0 Å². The fraction of sp³-hybridized carbons (Fsp3) is 0.143. The molecule has 3 heterocycles. The molecule has 5 rings (SSSR count). The average Bonchev–Trinajstić information content (AvgIpc) is 3.21. The number of rotatable bonds is 2. The Morgan fingerprint density at radius 3 is 2.31 bits per heavy atom. The van der Waals surface area contributed by atoms with Crippen LogP contribution in [0.1, 0.15) is 16.7 Å². The van der Waals surface area contributed by atoms with Crippen LogP contribution in [0.3, 0.4) is 0 Å². The second-order valence-electron chi connectivity index (χ2n) is 8.04. The summed E-state index contributed by atoms with van der Waals surface area (Å²) < 4.78 is 1.68. The number of fused-ring (bicyclic) bond motifs is 2. The van der Waals surface area contributed by atoms with Crippen molar-refractivity contribution in [3.05, 3.63) is 87.8 Å². The van der Waals surface area contributed by atoms with Crippen LogP contribution in [-0.2, 0) is 10.7 Å². The molecule has 0 saturated carbocycles. The maximum Gasteiger partial charge on any atom is 0.155 e. The van der Waals surface area contributed by atoms with Gasteiger partial charge >= 0.3 is 0 Å². The summed E-state index contributed by atoms with van der Waals surface area (Å²) in [6.07, 6.45) is 3.35. The van der Waals surface area contributed by atoms with Gasteiger partial charge in [-0.2, -0.15) is 5.10 Å². The number of nitrogens with one attached hydrogen (secondary N) is 1. The van der Waals surface area contributed by atoms with Crippen molar-refractivity contribution in [3.63, 3.8) is 0 Å². The highest BCUT2D eigenvalue weighted by molar-refractivity contribution is 6.49. The minimum Gasteiger partial charge on any atom is -0.335 e. The largest absolute Gasteiger partial charge is 0.335 e. The maximum atomic E-state index is 6.91. The molecule has 1 aliphatic heterocycles. The normalized spacial score (nSPS) is 21.3. The van der Waals surface area contributed by atoms with Crippen molar-refractivity contribution in [3.8, 4) is 11.1 Å². The topological polar surface area (TPSA) is 42.2 Å². The third-order valence-corrected chi connectivity index (χ3v) is 6.68. The number of hydrogen-bond acceptors (Lipinski definition) is 3. The first-order chi connectivity index (χ1) is 15.0. The lowest BCUT2D eigenvalue weighted by atomic mass is 9.32. The standard InChI is InChI=1S/C21H11B5Cl2N4/c22-19(13-3-5-16(27)17(28)8-13)14-4-1-11(7-15(14)20(23,24)31-21(19,25)26)12-2-6-18-29-10-30-32(18)9-12/h1-10,31H. The molecule has 2 aromatic carbocycles. The van der Waals surface area contributed by atoms with Gasteiger partial charge in [0.1, 0.15) is 6.33 Å². The van der Waals surface area contributed by atoms with E-state index in [0.29, 0.717) is 26.7 Å².